The van der Waals surface area contributed by atoms with Gasteiger partial charge in [-0.25, -0.2) is 0 Å². The Morgan fingerprint density at radius 3 is 1.30 bits per heavy atom. The quantitative estimate of drug-likeness (QED) is 0.381. The maximum absolute atomic E-state index is 9.90. The van der Waals surface area contributed by atoms with Gasteiger partial charge >= 0.3 is 11.9 Å². The van der Waals surface area contributed by atoms with E-state index in [9.17, 15) is 9.59 Å². The van der Waals surface area contributed by atoms with E-state index in [4.69, 9.17) is 15.9 Å². The van der Waals surface area contributed by atoms with E-state index in [2.05, 4.69) is 6.92 Å². The van der Waals surface area contributed by atoms with Crippen LogP contribution in [0, 0.1) is 0 Å². The third-order valence-electron chi connectivity index (χ3n) is 3.59. The van der Waals surface area contributed by atoms with E-state index >= 15 is 0 Å². The summed E-state index contributed by atoms with van der Waals surface area (Å²) in [7, 11) is 0. The second-order valence-corrected chi connectivity index (χ2v) is 5.97. The minimum atomic E-state index is -0.870. The number of hydrogen-bond donors (Lipinski definition) is 3. The van der Waals surface area contributed by atoms with Gasteiger partial charge in [-0.15, -0.1) is 0 Å². The van der Waals surface area contributed by atoms with Gasteiger partial charge in [0.15, 0.2) is 0 Å². The summed E-state index contributed by atoms with van der Waals surface area (Å²) in [6, 6.07) is 0. The van der Waals surface area contributed by atoms with E-state index in [0.29, 0.717) is 12.8 Å². The second-order valence-electron chi connectivity index (χ2n) is 5.97. The van der Waals surface area contributed by atoms with Crippen LogP contribution in [-0.2, 0) is 9.59 Å². The number of carboxylic acids is 2. The van der Waals surface area contributed by atoms with Crippen molar-refractivity contribution in [1.82, 2.24) is 0 Å². The van der Waals surface area contributed by atoms with Gasteiger partial charge in [-0.2, -0.15) is 0 Å². The Hall–Kier alpha value is -1.10. The third kappa shape index (κ3) is 29.5. The molecular weight excluding hydrogens is 294 g/mol. The van der Waals surface area contributed by atoms with Crippen LogP contribution in [0.3, 0.4) is 0 Å². The minimum Gasteiger partial charge on any atom is -0.481 e. The molecule has 0 aliphatic rings. The molecule has 0 spiro atoms. The van der Waals surface area contributed by atoms with E-state index < -0.39 is 11.9 Å². The highest BCUT2D eigenvalue weighted by Gasteiger charge is 1.99. The molecule has 5 nitrogen and oxygen atoms in total. The average molecular weight is 331 g/mol. The van der Waals surface area contributed by atoms with Crippen molar-refractivity contribution in [3.8, 4) is 0 Å². The average Bonchev–Trinajstić information content (AvgIpc) is 2.50. The van der Waals surface area contributed by atoms with Crippen molar-refractivity contribution in [2.75, 3.05) is 6.54 Å². The summed E-state index contributed by atoms with van der Waals surface area (Å²) in [5.74, 6) is -1.74. The summed E-state index contributed by atoms with van der Waals surface area (Å²) in [6.07, 6.45) is 15.0. The molecule has 138 valence electrons. The number of unbranched alkanes of at least 4 members (excludes halogenated alkanes) is 10. The number of carboxylic acid groups (broad SMARTS) is 2. The zero-order valence-corrected chi connectivity index (χ0v) is 14.9. The standard InChI is InChI=1S/C12H27N.C6H10O4/c1-2-3-4-5-6-7-8-9-10-11-12-13;7-5(8)3-1-2-4-6(9)10/h2-13H2,1H3;1-4H2,(H,7,8)(H,9,10). The molecule has 0 heterocycles. The SMILES string of the molecule is CCCCCCCCCCCCN.O=C(O)CCCCC(=O)O. The monoisotopic (exact) mass is 331 g/mol. The molecule has 0 rings (SSSR count). The van der Waals surface area contributed by atoms with Gasteiger partial charge in [0.1, 0.15) is 0 Å². The first-order valence-electron chi connectivity index (χ1n) is 9.18. The fraction of sp³-hybridized carbons (Fsp3) is 0.889. The molecule has 0 fully saturated rings. The molecule has 0 atom stereocenters. The number of nitrogens with two attached hydrogens (primary N) is 1. The van der Waals surface area contributed by atoms with E-state index in [0.717, 1.165) is 6.54 Å². The normalized spacial score (nSPS) is 10.0. The maximum atomic E-state index is 9.90. The zero-order chi connectivity index (χ0) is 17.8. The smallest absolute Gasteiger partial charge is 0.303 e. The van der Waals surface area contributed by atoms with Crippen LogP contribution in [0.5, 0.6) is 0 Å². The van der Waals surface area contributed by atoms with Crippen LogP contribution < -0.4 is 5.73 Å². The molecule has 0 aromatic rings. The van der Waals surface area contributed by atoms with Gasteiger partial charge in [0.25, 0.3) is 0 Å². The zero-order valence-electron chi connectivity index (χ0n) is 14.9. The van der Waals surface area contributed by atoms with E-state index in [-0.39, 0.29) is 12.8 Å². The Morgan fingerprint density at radius 1 is 0.652 bits per heavy atom. The van der Waals surface area contributed by atoms with Crippen LogP contribution in [0.25, 0.3) is 0 Å². The molecule has 23 heavy (non-hydrogen) atoms. The van der Waals surface area contributed by atoms with Gasteiger partial charge < -0.3 is 15.9 Å². The van der Waals surface area contributed by atoms with Crippen LogP contribution in [0.2, 0.25) is 0 Å². The van der Waals surface area contributed by atoms with Crippen molar-refractivity contribution in [3.05, 3.63) is 0 Å². The maximum Gasteiger partial charge on any atom is 0.303 e. The van der Waals surface area contributed by atoms with Crippen molar-refractivity contribution in [2.45, 2.75) is 96.8 Å². The number of hydrogen-bond acceptors (Lipinski definition) is 3. The molecule has 0 aromatic carbocycles. The summed E-state index contributed by atoms with van der Waals surface area (Å²) in [6.45, 7) is 3.14. The van der Waals surface area contributed by atoms with Gasteiger partial charge in [0, 0.05) is 12.8 Å². The predicted octanol–water partition coefficient (Wildman–Crippen LogP) is 4.58. The minimum absolute atomic E-state index is 0.0628. The van der Waals surface area contributed by atoms with Crippen molar-refractivity contribution in [3.63, 3.8) is 0 Å². The largest absolute Gasteiger partial charge is 0.481 e. The molecule has 0 radical (unpaired) electrons. The highest BCUT2D eigenvalue weighted by atomic mass is 16.4. The lowest BCUT2D eigenvalue weighted by Gasteiger charge is -2.00. The second kappa shape index (κ2) is 20.9. The van der Waals surface area contributed by atoms with Gasteiger partial charge in [-0.05, 0) is 25.8 Å². The van der Waals surface area contributed by atoms with Crippen LogP contribution in [-0.4, -0.2) is 28.7 Å². The number of carbonyl (C=O) groups is 2. The molecule has 0 bridgehead atoms. The Balaban J connectivity index is 0. The van der Waals surface area contributed by atoms with Crippen molar-refractivity contribution < 1.29 is 19.8 Å². The summed E-state index contributed by atoms with van der Waals surface area (Å²) in [4.78, 5) is 19.8. The fourth-order valence-corrected chi connectivity index (χ4v) is 2.18. The van der Waals surface area contributed by atoms with Crippen molar-refractivity contribution >= 4 is 11.9 Å². The van der Waals surface area contributed by atoms with E-state index in [1.807, 2.05) is 0 Å². The first kappa shape index (κ1) is 24.2. The van der Waals surface area contributed by atoms with Crippen LogP contribution in [0.1, 0.15) is 96.8 Å². The van der Waals surface area contributed by atoms with Gasteiger partial charge in [0.2, 0.25) is 0 Å². The molecule has 0 saturated heterocycles. The lowest BCUT2D eigenvalue weighted by atomic mass is 10.1. The van der Waals surface area contributed by atoms with Gasteiger partial charge in [-0.3, -0.25) is 9.59 Å². The molecule has 0 aliphatic heterocycles. The predicted molar refractivity (Wildman–Crippen MR) is 94.6 cm³/mol. The molecule has 0 aromatic heterocycles. The fourth-order valence-electron chi connectivity index (χ4n) is 2.18. The van der Waals surface area contributed by atoms with Crippen LogP contribution in [0.15, 0.2) is 0 Å². The Bertz CT molecular complexity index is 244. The van der Waals surface area contributed by atoms with Gasteiger partial charge in [0.05, 0.1) is 0 Å². The van der Waals surface area contributed by atoms with E-state index in [1.54, 1.807) is 0 Å². The van der Waals surface area contributed by atoms with Gasteiger partial charge in [-0.1, -0.05) is 64.7 Å². The molecular formula is C18H37NO4. The lowest BCUT2D eigenvalue weighted by Crippen LogP contribution is -1.97. The topological polar surface area (TPSA) is 101 Å². The third-order valence-corrected chi connectivity index (χ3v) is 3.59. The molecule has 0 aliphatic carbocycles. The number of rotatable bonds is 15. The Labute approximate surface area is 141 Å². The summed E-state index contributed by atoms with van der Waals surface area (Å²) >= 11 is 0. The molecule has 5 heteroatoms. The lowest BCUT2D eigenvalue weighted by molar-refractivity contribution is -0.139. The summed E-state index contributed by atoms with van der Waals surface area (Å²) in [5, 5.41) is 16.3. The molecule has 0 amide bonds. The van der Waals surface area contributed by atoms with Crippen molar-refractivity contribution in [2.24, 2.45) is 5.73 Å². The van der Waals surface area contributed by atoms with Crippen LogP contribution >= 0.6 is 0 Å². The number of aliphatic carboxylic acids is 2. The first-order chi connectivity index (χ1) is 11.0. The molecule has 0 unspecified atom stereocenters. The summed E-state index contributed by atoms with van der Waals surface area (Å²) < 4.78 is 0. The van der Waals surface area contributed by atoms with E-state index in [1.165, 1.54) is 64.2 Å². The highest BCUT2D eigenvalue weighted by molar-refractivity contribution is 5.67. The summed E-state index contributed by atoms with van der Waals surface area (Å²) in [5.41, 5.74) is 5.42. The Kier molecular flexibility index (Phi) is 22.0. The molecule has 4 N–H and O–H groups in total. The first-order valence-corrected chi connectivity index (χ1v) is 9.18. The highest BCUT2D eigenvalue weighted by Crippen LogP contribution is 2.09. The van der Waals surface area contributed by atoms with Crippen molar-refractivity contribution in [1.29, 1.82) is 0 Å². The Morgan fingerprint density at radius 2 is 1.00 bits per heavy atom. The van der Waals surface area contributed by atoms with Crippen LogP contribution in [0.4, 0.5) is 0 Å². The molecule has 0 saturated carbocycles.